The quantitative estimate of drug-likeness (QED) is 0.359. The van der Waals surface area contributed by atoms with E-state index in [-0.39, 0.29) is 0 Å². The maximum Gasteiger partial charge on any atom is 0.150 e. The molecule has 0 aromatic heterocycles. The first-order chi connectivity index (χ1) is 3.95. The molecule has 3 heteroatoms. The first-order valence-corrected chi connectivity index (χ1v) is 7.96. The second-order valence-electron chi connectivity index (χ2n) is 3.18. The number of rotatable bonds is 3. The van der Waals surface area contributed by atoms with Crippen LogP contribution in [-0.4, -0.2) is 13.3 Å². The summed E-state index contributed by atoms with van der Waals surface area (Å²) >= 11 is 11.7. The third-order valence-electron chi connectivity index (χ3n) is 1.10. The fraction of sp³-hybridized carbons (Fsp3) is 1.00. The van der Waals surface area contributed by atoms with Crippen molar-refractivity contribution in [2.75, 3.05) is 5.88 Å². The van der Waals surface area contributed by atoms with Gasteiger partial charge in [-0.05, 0) is 12.0 Å². The number of hydrogen-bond donors (Lipinski definition) is 0. The highest BCUT2D eigenvalue weighted by Crippen LogP contribution is 2.20. The molecule has 0 heterocycles. The van der Waals surface area contributed by atoms with Crippen molar-refractivity contribution in [3.05, 3.63) is 0 Å². The Morgan fingerprint density at radius 2 is 1.89 bits per heavy atom. The Balaban J connectivity index is 3.47. The molecule has 0 amide bonds. The lowest BCUT2D eigenvalue weighted by molar-refractivity contribution is 0.733. The summed E-state index contributed by atoms with van der Waals surface area (Å²) in [6, 6.07) is 1.12. The molecule has 0 nitrogen and oxygen atoms in total. The normalized spacial score (nSPS) is 15.7. The van der Waals surface area contributed by atoms with Gasteiger partial charge >= 0.3 is 0 Å². The molecule has 9 heavy (non-hydrogen) atoms. The highest BCUT2D eigenvalue weighted by atomic mass is 35.6. The Labute approximate surface area is 68.3 Å². The molecule has 0 aromatic rings. The van der Waals surface area contributed by atoms with Crippen molar-refractivity contribution >= 4 is 30.1 Å². The van der Waals surface area contributed by atoms with E-state index < -0.39 is 7.38 Å². The van der Waals surface area contributed by atoms with Crippen LogP contribution in [0.3, 0.4) is 0 Å². The smallest absolute Gasteiger partial charge is 0.150 e. The maximum absolute atomic E-state index is 6.09. The van der Waals surface area contributed by atoms with Crippen LogP contribution in [0.1, 0.15) is 6.92 Å². The molecule has 1 atom stereocenters. The molecular formula is C6H14Cl2Si. The van der Waals surface area contributed by atoms with E-state index in [4.69, 9.17) is 22.7 Å². The maximum atomic E-state index is 6.09. The lowest BCUT2D eigenvalue weighted by Gasteiger charge is -2.16. The van der Waals surface area contributed by atoms with Gasteiger partial charge in [0, 0.05) is 5.88 Å². The van der Waals surface area contributed by atoms with E-state index in [1.807, 2.05) is 0 Å². The molecule has 0 aliphatic heterocycles. The van der Waals surface area contributed by atoms with Gasteiger partial charge in [-0.15, -0.1) is 11.6 Å². The van der Waals surface area contributed by atoms with E-state index in [1.54, 1.807) is 0 Å². The summed E-state index contributed by atoms with van der Waals surface area (Å²) in [7, 11) is -1.35. The number of halogens is 2. The topological polar surface area (TPSA) is 0 Å². The van der Waals surface area contributed by atoms with Gasteiger partial charge in [0.25, 0.3) is 0 Å². The van der Waals surface area contributed by atoms with Crippen LogP contribution >= 0.6 is 22.7 Å². The largest absolute Gasteiger partial charge is 0.168 e. The molecule has 0 fully saturated rings. The van der Waals surface area contributed by atoms with Crippen LogP contribution in [0.4, 0.5) is 0 Å². The van der Waals surface area contributed by atoms with E-state index in [1.165, 1.54) is 0 Å². The predicted octanol–water partition coefficient (Wildman–Crippen LogP) is 3.31. The Morgan fingerprint density at radius 1 is 1.44 bits per heavy atom. The summed E-state index contributed by atoms with van der Waals surface area (Å²) in [4.78, 5) is 0. The van der Waals surface area contributed by atoms with Crippen molar-refractivity contribution in [2.24, 2.45) is 5.92 Å². The highest BCUT2D eigenvalue weighted by molar-refractivity contribution is 7.19. The molecule has 0 bridgehead atoms. The molecule has 0 aromatic carbocycles. The fourth-order valence-electron chi connectivity index (χ4n) is 0.883. The summed E-state index contributed by atoms with van der Waals surface area (Å²) < 4.78 is 0. The van der Waals surface area contributed by atoms with Crippen LogP contribution in [0.25, 0.3) is 0 Å². The average Bonchev–Trinajstić information content (AvgIpc) is 1.62. The van der Waals surface area contributed by atoms with E-state index in [0.717, 1.165) is 11.9 Å². The molecule has 0 saturated heterocycles. The van der Waals surface area contributed by atoms with Crippen LogP contribution < -0.4 is 0 Å². The Hall–Kier alpha value is 0.797. The second-order valence-corrected chi connectivity index (χ2v) is 10.4. The van der Waals surface area contributed by atoms with Crippen molar-refractivity contribution < 1.29 is 0 Å². The average molecular weight is 185 g/mol. The lowest BCUT2D eigenvalue weighted by atomic mass is 10.3. The van der Waals surface area contributed by atoms with Crippen molar-refractivity contribution in [3.63, 3.8) is 0 Å². The van der Waals surface area contributed by atoms with Crippen molar-refractivity contribution in [3.8, 4) is 0 Å². The minimum Gasteiger partial charge on any atom is -0.168 e. The standard InChI is InChI=1S/C6H14Cl2Si/c1-6(4-7)5-9(2,3)8/h6H,4-5H2,1-3H3/t6-/m0/s1. The minimum absolute atomic E-state index is 0.589. The van der Waals surface area contributed by atoms with Gasteiger partial charge in [0.15, 0.2) is 7.38 Å². The second kappa shape index (κ2) is 3.84. The van der Waals surface area contributed by atoms with Gasteiger partial charge in [-0.2, -0.15) is 11.1 Å². The van der Waals surface area contributed by atoms with Crippen molar-refractivity contribution in [1.29, 1.82) is 0 Å². The van der Waals surface area contributed by atoms with Crippen LogP contribution in [0.15, 0.2) is 0 Å². The fourth-order valence-corrected chi connectivity index (χ4v) is 3.77. The third kappa shape index (κ3) is 6.69. The highest BCUT2D eigenvalue weighted by Gasteiger charge is 2.19. The SMILES string of the molecule is C[C@@H](CCl)C[Si](C)(C)Cl. The van der Waals surface area contributed by atoms with Crippen LogP contribution in [0, 0.1) is 5.92 Å². The van der Waals surface area contributed by atoms with Gasteiger partial charge in [-0.3, -0.25) is 0 Å². The summed E-state index contributed by atoms with van der Waals surface area (Å²) in [5.74, 6) is 1.33. The molecule has 0 spiro atoms. The number of hydrogen-bond acceptors (Lipinski definition) is 0. The molecule has 0 rings (SSSR count). The third-order valence-corrected chi connectivity index (χ3v) is 3.75. The first kappa shape index (κ1) is 9.80. The van der Waals surface area contributed by atoms with Gasteiger partial charge < -0.3 is 0 Å². The predicted molar refractivity (Wildman–Crippen MR) is 48.0 cm³/mol. The van der Waals surface area contributed by atoms with E-state index >= 15 is 0 Å². The van der Waals surface area contributed by atoms with Gasteiger partial charge in [0.1, 0.15) is 0 Å². The van der Waals surface area contributed by atoms with Gasteiger partial charge in [0.05, 0.1) is 0 Å². The minimum atomic E-state index is -1.35. The van der Waals surface area contributed by atoms with Crippen molar-refractivity contribution in [1.82, 2.24) is 0 Å². The molecule has 0 unspecified atom stereocenters. The molecule has 0 N–H and O–H groups in total. The summed E-state index contributed by atoms with van der Waals surface area (Å²) in [6.07, 6.45) is 0. The Morgan fingerprint density at radius 3 is 2.00 bits per heavy atom. The van der Waals surface area contributed by atoms with Crippen molar-refractivity contribution in [2.45, 2.75) is 26.1 Å². The zero-order valence-electron chi connectivity index (χ0n) is 6.25. The zero-order valence-corrected chi connectivity index (χ0v) is 8.76. The monoisotopic (exact) mass is 184 g/mol. The van der Waals surface area contributed by atoms with Gasteiger partial charge in [-0.1, -0.05) is 20.0 Å². The van der Waals surface area contributed by atoms with Crippen LogP contribution in [-0.2, 0) is 0 Å². The zero-order chi connectivity index (χ0) is 7.49. The summed E-state index contributed by atoms with van der Waals surface area (Å²) in [6.45, 7) is 6.44. The van der Waals surface area contributed by atoms with E-state index in [2.05, 4.69) is 20.0 Å². The number of alkyl halides is 1. The summed E-state index contributed by atoms with van der Waals surface area (Å²) in [5.41, 5.74) is 0. The molecule has 0 radical (unpaired) electrons. The van der Waals surface area contributed by atoms with Gasteiger partial charge in [0.2, 0.25) is 0 Å². The Bertz CT molecular complexity index is 77.6. The van der Waals surface area contributed by atoms with E-state index in [0.29, 0.717) is 5.92 Å². The Kier molecular flexibility index (Phi) is 4.18. The molecule has 0 aliphatic rings. The molecule has 0 aliphatic carbocycles. The van der Waals surface area contributed by atoms with Crippen LogP contribution in [0.5, 0.6) is 0 Å². The molecular weight excluding hydrogens is 171 g/mol. The lowest BCUT2D eigenvalue weighted by Crippen LogP contribution is -2.20. The van der Waals surface area contributed by atoms with E-state index in [9.17, 15) is 0 Å². The molecule has 56 valence electrons. The molecule has 0 saturated carbocycles. The van der Waals surface area contributed by atoms with Crippen LogP contribution in [0.2, 0.25) is 19.1 Å². The summed E-state index contributed by atoms with van der Waals surface area (Å²) in [5, 5.41) is 0. The first-order valence-electron chi connectivity index (χ1n) is 3.20. The van der Waals surface area contributed by atoms with Gasteiger partial charge in [-0.25, -0.2) is 0 Å².